The molecular weight excluding hydrogens is 322 g/mol. The van der Waals surface area contributed by atoms with E-state index in [-0.39, 0.29) is 6.04 Å². The lowest BCUT2D eigenvalue weighted by Gasteiger charge is -2.18. The van der Waals surface area contributed by atoms with Crippen LogP contribution in [0.1, 0.15) is 30.8 Å². The van der Waals surface area contributed by atoms with Gasteiger partial charge in [-0.05, 0) is 34.5 Å². The fraction of sp³-hybridized carbons (Fsp3) is 0.385. The van der Waals surface area contributed by atoms with Crippen LogP contribution in [0.2, 0.25) is 0 Å². The number of hydrogen-bond donors (Lipinski definition) is 2. The van der Waals surface area contributed by atoms with Gasteiger partial charge in [-0.25, -0.2) is 5.43 Å². The molecule has 1 unspecified atom stereocenters. The molecule has 0 aliphatic heterocycles. The highest BCUT2D eigenvalue weighted by Crippen LogP contribution is 2.29. The maximum Gasteiger partial charge on any atom is 0.162 e. The van der Waals surface area contributed by atoms with E-state index in [9.17, 15) is 0 Å². The lowest BCUT2D eigenvalue weighted by Crippen LogP contribution is -2.31. The molecule has 0 spiro atoms. The summed E-state index contributed by atoms with van der Waals surface area (Å²) in [5, 5.41) is 4.35. The Bertz CT molecular complexity index is 554. The second-order valence-corrected chi connectivity index (χ2v) is 5.24. The van der Waals surface area contributed by atoms with Crippen LogP contribution in [-0.4, -0.2) is 21.9 Å². The predicted octanol–water partition coefficient (Wildman–Crippen LogP) is 2.01. The van der Waals surface area contributed by atoms with E-state index in [0.717, 1.165) is 28.8 Å². The molecule has 2 rings (SSSR count). The van der Waals surface area contributed by atoms with Crippen LogP contribution in [0.25, 0.3) is 0 Å². The molecule has 20 heavy (non-hydrogen) atoms. The highest BCUT2D eigenvalue weighted by atomic mass is 79.9. The van der Waals surface area contributed by atoms with Gasteiger partial charge in [0.2, 0.25) is 0 Å². The summed E-state index contributed by atoms with van der Waals surface area (Å²) in [5.74, 6) is 6.42. The molecular formula is C13H18BrN5O. The second kappa shape index (κ2) is 6.83. The number of nitrogens with zero attached hydrogens (tertiary/aromatic N) is 3. The van der Waals surface area contributed by atoms with Crippen molar-refractivity contribution in [2.24, 2.45) is 5.84 Å². The van der Waals surface area contributed by atoms with Gasteiger partial charge in [-0.1, -0.05) is 6.92 Å². The van der Waals surface area contributed by atoms with Gasteiger partial charge < -0.3 is 4.74 Å². The molecule has 3 N–H and O–H groups in total. The lowest BCUT2D eigenvalue weighted by molar-refractivity contribution is 0.397. The highest BCUT2D eigenvalue weighted by Gasteiger charge is 2.23. The van der Waals surface area contributed by atoms with E-state index in [0.29, 0.717) is 5.75 Å². The molecule has 0 saturated heterocycles. The van der Waals surface area contributed by atoms with Gasteiger partial charge in [0.1, 0.15) is 11.7 Å². The molecule has 108 valence electrons. The van der Waals surface area contributed by atoms with Crippen LogP contribution >= 0.6 is 15.9 Å². The standard InChI is InChI=1S/C13H18BrN5O/c1-3-6-19-13(11(20-2)8-17-19)12(18-15)10-5-4-9(14)7-16-10/h4-5,7-8,12,18H,3,6,15H2,1-2H3. The predicted molar refractivity (Wildman–Crippen MR) is 80.2 cm³/mol. The van der Waals surface area contributed by atoms with Crippen molar-refractivity contribution < 1.29 is 4.74 Å². The Balaban J connectivity index is 2.44. The summed E-state index contributed by atoms with van der Waals surface area (Å²) in [6.45, 7) is 2.90. The topological polar surface area (TPSA) is 78.0 Å². The van der Waals surface area contributed by atoms with Crippen molar-refractivity contribution in [1.82, 2.24) is 20.2 Å². The number of pyridine rings is 1. The van der Waals surface area contributed by atoms with Crippen LogP contribution in [-0.2, 0) is 6.54 Å². The molecule has 0 saturated carbocycles. The average molecular weight is 340 g/mol. The first-order valence-electron chi connectivity index (χ1n) is 6.38. The number of aryl methyl sites for hydroxylation is 1. The Morgan fingerprint density at radius 2 is 2.25 bits per heavy atom. The largest absolute Gasteiger partial charge is 0.493 e. The smallest absolute Gasteiger partial charge is 0.162 e. The highest BCUT2D eigenvalue weighted by molar-refractivity contribution is 9.10. The normalized spacial score (nSPS) is 12.4. The van der Waals surface area contributed by atoms with E-state index < -0.39 is 0 Å². The van der Waals surface area contributed by atoms with Crippen molar-refractivity contribution in [3.63, 3.8) is 0 Å². The average Bonchev–Trinajstić information content (AvgIpc) is 2.85. The summed E-state index contributed by atoms with van der Waals surface area (Å²) < 4.78 is 8.20. The first-order chi connectivity index (χ1) is 9.71. The van der Waals surface area contributed by atoms with Gasteiger partial charge in [0.15, 0.2) is 5.75 Å². The minimum Gasteiger partial charge on any atom is -0.493 e. The number of nitrogens with one attached hydrogen (secondary N) is 1. The fourth-order valence-electron chi connectivity index (χ4n) is 2.08. The third-order valence-corrected chi connectivity index (χ3v) is 3.46. The number of aromatic nitrogens is 3. The quantitative estimate of drug-likeness (QED) is 0.621. The number of rotatable bonds is 6. The number of hydrogen-bond acceptors (Lipinski definition) is 5. The van der Waals surface area contributed by atoms with Crippen molar-refractivity contribution in [3.05, 3.63) is 40.4 Å². The van der Waals surface area contributed by atoms with Gasteiger partial charge in [0.05, 0.1) is 19.0 Å². The molecule has 0 aliphatic carbocycles. The van der Waals surface area contributed by atoms with Crippen molar-refractivity contribution in [2.45, 2.75) is 25.9 Å². The van der Waals surface area contributed by atoms with Gasteiger partial charge in [-0.15, -0.1) is 0 Å². The van der Waals surface area contributed by atoms with Gasteiger partial charge >= 0.3 is 0 Å². The van der Waals surface area contributed by atoms with Crippen LogP contribution < -0.4 is 16.0 Å². The molecule has 0 fully saturated rings. The third-order valence-electron chi connectivity index (χ3n) is 2.99. The minimum atomic E-state index is -0.271. The zero-order chi connectivity index (χ0) is 14.5. The van der Waals surface area contributed by atoms with Crippen molar-refractivity contribution in [1.29, 1.82) is 0 Å². The zero-order valence-electron chi connectivity index (χ0n) is 11.5. The van der Waals surface area contributed by atoms with Crippen molar-refractivity contribution in [2.75, 3.05) is 7.11 Å². The lowest BCUT2D eigenvalue weighted by atomic mass is 10.1. The van der Waals surface area contributed by atoms with E-state index in [1.165, 1.54) is 0 Å². The summed E-state index contributed by atoms with van der Waals surface area (Å²) in [6.07, 6.45) is 4.42. The molecule has 0 bridgehead atoms. The molecule has 0 amide bonds. The summed E-state index contributed by atoms with van der Waals surface area (Å²) in [5.41, 5.74) is 4.49. The Labute approximate surface area is 126 Å². The third kappa shape index (κ3) is 3.00. The molecule has 1 atom stereocenters. The molecule has 0 aliphatic rings. The first-order valence-corrected chi connectivity index (χ1v) is 7.17. The van der Waals surface area contributed by atoms with Crippen molar-refractivity contribution in [3.8, 4) is 5.75 Å². The van der Waals surface area contributed by atoms with E-state index in [1.54, 1.807) is 19.5 Å². The fourth-order valence-corrected chi connectivity index (χ4v) is 2.31. The van der Waals surface area contributed by atoms with Gasteiger partial charge in [0, 0.05) is 17.2 Å². The van der Waals surface area contributed by atoms with Gasteiger partial charge in [-0.3, -0.25) is 15.5 Å². The summed E-state index contributed by atoms with van der Waals surface area (Å²) in [6, 6.07) is 3.57. The minimum absolute atomic E-state index is 0.271. The molecule has 2 heterocycles. The summed E-state index contributed by atoms with van der Waals surface area (Å²) in [7, 11) is 1.62. The van der Waals surface area contributed by atoms with E-state index in [4.69, 9.17) is 10.6 Å². The second-order valence-electron chi connectivity index (χ2n) is 4.32. The number of ether oxygens (including phenoxy) is 1. The number of methoxy groups -OCH3 is 1. The van der Waals surface area contributed by atoms with E-state index >= 15 is 0 Å². The zero-order valence-corrected chi connectivity index (χ0v) is 13.1. The summed E-state index contributed by atoms with van der Waals surface area (Å²) in [4.78, 5) is 4.40. The van der Waals surface area contributed by atoms with Crippen LogP contribution in [0.15, 0.2) is 29.0 Å². The van der Waals surface area contributed by atoms with Crippen LogP contribution in [0, 0.1) is 0 Å². The monoisotopic (exact) mass is 339 g/mol. The van der Waals surface area contributed by atoms with E-state index in [2.05, 4.69) is 38.4 Å². The Hall–Kier alpha value is -1.44. The van der Waals surface area contributed by atoms with E-state index in [1.807, 2.05) is 16.8 Å². The summed E-state index contributed by atoms with van der Waals surface area (Å²) >= 11 is 3.38. The Morgan fingerprint density at radius 1 is 1.45 bits per heavy atom. The van der Waals surface area contributed by atoms with Crippen LogP contribution in [0.4, 0.5) is 0 Å². The van der Waals surface area contributed by atoms with Crippen LogP contribution in [0.5, 0.6) is 5.75 Å². The number of hydrazine groups is 1. The molecule has 6 nitrogen and oxygen atoms in total. The Morgan fingerprint density at radius 3 is 2.80 bits per heavy atom. The maximum atomic E-state index is 5.72. The molecule has 7 heteroatoms. The van der Waals surface area contributed by atoms with Crippen molar-refractivity contribution >= 4 is 15.9 Å². The molecule has 2 aromatic heterocycles. The first kappa shape index (κ1) is 15.0. The molecule has 0 radical (unpaired) electrons. The molecule has 0 aromatic carbocycles. The maximum absolute atomic E-state index is 5.72. The van der Waals surface area contributed by atoms with Gasteiger partial charge in [0.25, 0.3) is 0 Å². The van der Waals surface area contributed by atoms with Crippen LogP contribution in [0.3, 0.4) is 0 Å². The SMILES string of the molecule is CCCn1ncc(OC)c1C(NN)c1ccc(Br)cn1. The molecule has 2 aromatic rings. The Kier molecular flexibility index (Phi) is 5.11. The van der Waals surface area contributed by atoms with Gasteiger partial charge in [-0.2, -0.15) is 5.10 Å². The number of nitrogens with two attached hydrogens (primary N) is 1. The number of halogens is 1.